The molecule has 7 heavy (non-hydrogen) atoms. The van der Waals surface area contributed by atoms with Crippen molar-refractivity contribution in [1.29, 1.82) is 0 Å². The third-order valence-corrected chi connectivity index (χ3v) is 2.41. The summed E-state index contributed by atoms with van der Waals surface area (Å²) < 4.78 is 0. The molecule has 0 spiro atoms. The molecule has 0 aromatic rings. The van der Waals surface area contributed by atoms with Gasteiger partial charge in [0.2, 0.25) is 0 Å². The molecule has 0 bridgehead atoms. The van der Waals surface area contributed by atoms with Crippen molar-refractivity contribution < 1.29 is 0 Å². The number of rotatable bonds is 1. The molecule has 0 aliphatic carbocycles. The highest BCUT2D eigenvalue weighted by atomic mass is 79.9. The zero-order valence-corrected chi connectivity index (χ0v) is 5.95. The molecule has 0 N–H and O–H groups in total. The third kappa shape index (κ3) is 1.48. The van der Waals surface area contributed by atoms with Crippen LogP contribution < -0.4 is 0 Å². The zero-order valence-electron chi connectivity index (χ0n) is 4.36. The Morgan fingerprint density at radius 3 is 2.86 bits per heavy atom. The summed E-state index contributed by atoms with van der Waals surface area (Å²) in [5.41, 5.74) is 0. The van der Waals surface area contributed by atoms with Crippen molar-refractivity contribution in [3.8, 4) is 0 Å². The van der Waals surface area contributed by atoms with Gasteiger partial charge in [0.15, 0.2) is 0 Å². The molecular weight excluding hydrogens is 151 g/mol. The minimum atomic E-state index is 0.958. The van der Waals surface area contributed by atoms with Crippen molar-refractivity contribution in [2.45, 2.75) is 19.1 Å². The Morgan fingerprint density at radius 1 is 1.71 bits per heavy atom. The highest BCUT2D eigenvalue weighted by Gasteiger charge is 2.12. The third-order valence-electron chi connectivity index (χ3n) is 1.50. The van der Waals surface area contributed by atoms with Crippen molar-refractivity contribution in [2.24, 2.45) is 5.92 Å². The second kappa shape index (κ2) is 2.76. The Morgan fingerprint density at radius 2 is 2.57 bits per heavy atom. The fourth-order valence-electron chi connectivity index (χ4n) is 0.965. The van der Waals surface area contributed by atoms with Gasteiger partial charge in [-0.15, -0.1) is 0 Å². The van der Waals surface area contributed by atoms with E-state index in [1.807, 2.05) is 0 Å². The smallest absolute Gasteiger partial charge is 0.0925 e. The molecule has 1 aliphatic heterocycles. The summed E-state index contributed by atoms with van der Waals surface area (Å²) in [5.74, 6) is 0.958. The van der Waals surface area contributed by atoms with Gasteiger partial charge in [-0.3, -0.25) is 0 Å². The molecule has 1 unspecified atom stereocenters. The van der Waals surface area contributed by atoms with E-state index < -0.39 is 0 Å². The predicted molar refractivity (Wildman–Crippen MR) is 37.3 cm³/mol. The van der Waals surface area contributed by atoms with E-state index in [-0.39, 0.29) is 0 Å². The molecule has 2 heteroatoms. The topological polar surface area (TPSA) is 0 Å². The summed E-state index contributed by atoms with van der Waals surface area (Å²) in [6.07, 6.45) is 4.09. The maximum absolute atomic E-state index is 3.46. The van der Waals surface area contributed by atoms with Crippen molar-refractivity contribution in [3.05, 3.63) is 0 Å². The lowest BCUT2D eigenvalue weighted by atomic mass is 9.76. The summed E-state index contributed by atoms with van der Waals surface area (Å²) in [7, 11) is 2.38. The number of hydrogen-bond donors (Lipinski definition) is 0. The van der Waals surface area contributed by atoms with Gasteiger partial charge in [-0.05, 0) is 5.92 Å². The molecule has 1 saturated heterocycles. The van der Waals surface area contributed by atoms with Crippen molar-refractivity contribution in [3.63, 3.8) is 0 Å². The van der Waals surface area contributed by atoms with Gasteiger partial charge < -0.3 is 0 Å². The molecule has 0 amide bonds. The van der Waals surface area contributed by atoms with E-state index in [1.54, 1.807) is 0 Å². The Kier molecular flexibility index (Phi) is 2.24. The fourth-order valence-corrected chi connectivity index (χ4v) is 1.55. The summed E-state index contributed by atoms with van der Waals surface area (Å²) >= 11 is 3.46. The predicted octanol–water partition coefficient (Wildman–Crippen LogP) is 1.94. The van der Waals surface area contributed by atoms with Crippen LogP contribution in [0.15, 0.2) is 0 Å². The first-order valence-corrected chi connectivity index (χ1v) is 3.93. The first kappa shape index (κ1) is 5.68. The van der Waals surface area contributed by atoms with Gasteiger partial charge in [-0.25, -0.2) is 0 Å². The van der Waals surface area contributed by atoms with Gasteiger partial charge in [0.25, 0.3) is 0 Å². The van der Waals surface area contributed by atoms with Crippen LogP contribution in [0.5, 0.6) is 0 Å². The summed E-state index contributed by atoms with van der Waals surface area (Å²) in [5, 5.41) is 1.20. The van der Waals surface area contributed by atoms with Crippen LogP contribution in [0.4, 0.5) is 0 Å². The second-order valence-electron chi connectivity index (χ2n) is 2.12. The maximum atomic E-state index is 3.46. The van der Waals surface area contributed by atoms with Gasteiger partial charge in [0.1, 0.15) is 7.28 Å². The molecule has 1 aliphatic rings. The zero-order chi connectivity index (χ0) is 5.11. The molecule has 0 saturated carbocycles. The van der Waals surface area contributed by atoms with Gasteiger partial charge >= 0.3 is 0 Å². The molecule has 39 valence electrons. The van der Waals surface area contributed by atoms with Gasteiger partial charge in [-0.2, -0.15) is 0 Å². The van der Waals surface area contributed by atoms with Crippen molar-refractivity contribution in [2.75, 3.05) is 5.33 Å². The van der Waals surface area contributed by atoms with E-state index >= 15 is 0 Å². The summed E-state index contributed by atoms with van der Waals surface area (Å²) in [4.78, 5) is 0. The van der Waals surface area contributed by atoms with Gasteiger partial charge in [0.05, 0.1) is 0 Å². The molecule has 1 fully saturated rings. The average Bonchev–Trinajstić information content (AvgIpc) is 2.14. The van der Waals surface area contributed by atoms with E-state index in [9.17, 15) is 0 Å². The molecule has 0 nitrogen and oxygen atoms in total. The molecule has 1 rings (SSSR count). The Labute approximate surface area is 54.0 Å². The van der Waals surface area contributed by atoms with Crippen LogP contribution in [0, 0.1) is 5.92 Å². The first-order chi connectivity index (χ1) is 3.43. The number of hydrogen-bond acceptors (Lipinski definition) is 0. The fraction of sp³-hybridized carbons (Fsp3) is 1.00. The standard InChI is InChI=1S/C5H9BBr/c7-4-5-1-2-6-3-5/h5H,1-4H2. The van der Waals surface area contributed by atoms with E-state index in [4.69, 9.17) is 0 Å². The largest absolute Gasteiger partial charge is 0.109 e. The van der Waals surface area contributed by atoms with E-state index in [1.165, 1.54) is 24.4 Å². The first-order valence-electron chi connectivity index (χ1n) is 2.81. The maximum Gasteiger partial charge on any atom is 0.109 e. The lowest BCUT2D eigenvalue weighted by molar-refractivity contribution is 0.675. The highest BCUT2D eigenvalue weighted by molar-refractivity contribution is 9.09. The molecule has 1 heterocycles. The summed E-state index contributed by atoms with van der Waals surface area (Å²) in [6, 6.07) is 0. The lowest BCUT2D eigenvalue weighted by Crippen LogP contribution is -1.91. The van der Waals surface area contributed by atoms with E-state index in [2.05, 4.69) is 23.2 Å². The highest BCUT2D eigenvalue weighted by Crippen LogP contribution is 2.21. The molecule has 0 aromatic heterocycles. The van der Waals surface area contributed by atoms with Crippen LogP contribution in [0.2, 0.25) is 12.6 Å². The molecular formula is C5H9BBr. The van der Waals surface area contributed by atoms with Gasteiger partial charge in [0, 0.05) is 5.33 Å². The minimum Gasteiger partial charge on any atom is -0.0925 e. The van der Waals surface area contributed by atoms with E-state index in [0.29, 0.717) is 0 Å². The van der Waals surface area contributed by atoms with Gasteiger partial charge in [-0.1, -0.05) is 35.0 Å². The van der Waals surface area contributed by atoms with Crippen LogP contribution in [0.25, 0.3) is 0 Å². The molecule has 1 radical (unpaired) electrons. The average molecular weight is 160 g/mol. The Bertz CT molecular complexity index is 50.0. The van der Waals surface area contributed by atoms with Crippen LogP contribution in [0.3, 0.4) is 0 Å². The minimum absolute atomic E-state index is 0.958. The van der Waals surface area contributed by atoms with Crippen molar-refractivity contribution in [1.82, 2.24) is 0 Å². The normalized spacial score (nSPS) is 30.1. The Balaban J connectivity index is 2.14. The monoisotopic (exact) mass is 159 g/mol. The Hall–Kier alpha value is 0.545. The van der Waals surface area contributed by atoms with Crippen LogP contribution in [0.1, 0.15) is 6.42 Å². The molecule has 1 atom stereocenters. The van der Waals surface area contributed by atoms with E-state index in [0.717, 1.165) is 5.92 Å². The van der Waals surface area contributed by atoms with Crippen LogP contribution >= 0.6 is 15.9 Å². The SMILES string of the molecule is BrCC1C[B]CC1. The number of halogens is 1. The lowest BCUT2D eigenvalue weighted by Gasteiger charge is -1.98. The van der Waals surface area contributed by atoms with Crippen LogP contribution in [-0.2, 0) is 0 Å². The summed E-state index contributed by atoms with van der Waals surface area (Å²) in [6.45, 7) is 0. The van der Waals surface area contributed by atoms with Crippen molar-refractivity contribution >= 4 is 23.2 Å². The second-order valence-corrected chi connectivity index (χ2v) is 2.77. The molecule has 0 aromatic carbocycles. The number of alkyl halides is 1. The quantitative estimate of drug-likeness (QED) is 0.406. The van der Waals surface area contributed by atoms with Crippen LogP contribution in [-0.4, -0.2) is 12.6 Å².